The number of carbonyl (C=O) groups excluding carboxylic acids is 1. The maximum absolute atomic E-state index is 12.9. The van der Waals surface area contributed by atoms with Crippen molar-refractivity contribution in [3.8, 4) is 11.5 Å². The van der Waals surface area contributed by atoms with E-state index in [-0.39, 0.29) is 11.9 Å². The molecule has 0 saturated carbocycles. The highest BCUT2D eigenvalue weighted by Gasteiger charge is 2.20. The van der Waals surface area contributed by atoms with E-state index in [1.165, 1.54) is 0 Å². The maximum Gasteiger partial charge on any atom is 0.253 e. The highest BCUT2D eigenvalue weighted by atomic mass is 35.5. The molecule has 0 saturated heterocycles. The van der Waals surface area contributed by atoms with Crippen molar-refractivity contribution in [3.05, 3.63) is 93.5 Å². The fourth-order valence-corrected chi connectivity index (χ4v) is 3.21. The Morgan fingerprint density at radius 2 is 1.32 bits per heavy atom. The maximum atomic E-state index is 12.9. The molecular weight excluding hydrogens is 397 g/mol. The van der Waals surface area contributed by atoms with Crippen molar-refractivity contribution in [3.63, 3.8) is 0 Å². The monoisotopic (exact) mass is 415 g/mol. The van der Waals surface area contributed by atoms with Crippen LogP contribution in [0.15, 0.2) is 66.7 Å². The minimum Gasteiger partial charge on any atom is -0.497 e. The van der Waals surface area contributed by atoms with Crippen LogP contribution in [0.25, 0.3) is 0 Å². The predicted octanol–water partition coefficient (Wildman–Crippen LogP) is 5.53. The van der Waals surface area contributed by atoms with Crippen molar-refractivity contribution in [2.75, 3.05) is 14.2 Å². The van der Waals surface area contributed by atoms with Crippen LogP contribution in [-0.2, 0) is 0 Å². The van der Waals surface area contributed by atoms with Crippen molar-refractivity contribution in [1.82, 2.24) is 5.32 Å². The first-order valence-corrected chi connectivity index (χ1v) is 9.31. The lowest BCUT2D eigenvalue weighted by molar-refractivity contribution is 0.0943. The molecule has 1 amide bonds. The SMILES string of the molecule is COc1ccc(C(NC(=O)c2cc(Cl)ccc2Cl)c2ccc(OC)cc2)cc1. The number of nitrogens with one attached hydrogen (secondary N) is 1. The zero-order chi connectivity index (χ0) is 20.1. The molecule has 0 bridgehead atoms. The van der Waals surface area contributed by atoms with Crippen molar-refractivity contribution in [1.29, 1.82) is 0 Å². The lowest BCUT2D eigenvalue weighted by Gasteiger charge is -2.21. The number of halogens is 2. The molecule has 6 heteroatoms. The smallest absolute Gasteiger partial charge is 0.253 e. The molecule has 0 aromatic heterocycles. The molecule has 3 aromatic rings. The van der Waals surface area contributed by atoms with E-state index >= 15 is 0 Å². The number of rotatable bonds is 6. The van der Waals surface area contributed by atoms with E-state index in [0.29, 0.717) is 15.6 Å². The van der Waals surface area contributed by atoms with E-state index < -0.39 is 0 Å². The Hall–Kier alpha value is -2.69. The minimum absolute atomic E-state index is 0.316. The molecule has 144 valence electrons. The highest BCUT2D eigenvalue weighted by molar-refractivity contribution is 6.35. The Balaban J connectivity index is 1.97. The number of amides is 1. The molecule has 0 unspecified atom stereocenters. The van der Waals surface area contributed by atoms with Crippen LogP contribution in [-0.4, -0.2) is 20.1 Å². The van der Waals surface area contributed by atoms with Crippen LogP contribution in [0.1, 0.15) is 27.5 Å². The first kappa shape index (κ1) is 20.1. The number of ether oxygens (including phenoxy) is 2. The van der Waals surface area contributed by atoms with Gasteiger partial charge in [-0.25, -0.2) is 0 Å². The first-order chi connectivity index (χ1) is 13.5. The average Bonchev–Trinajstić information content (AvgIpc) is 2.74. The summed E-state index contributed by atoms with van der Waals surface area (Å²) >= 11 is 12.2. The lowest BCUT2D eigenvalue weighted by Crippen LogP contribution is -2.29. The van der Waals surface area contributed by atoms with Crippen LogP contribution in [0.5, 0.6) is 11.5 Å². The van der Waals surface area contributed by atoms with Crippen molar-refractivity contribution >= 4 is 29.1 Å². The van der Waals surface area contributed by atoms with Crippen LogP contribution in [0, 0.1) is 0 Å². The molecule has 0 heterocycles. The largest absolute Gasteiger partial charge is 0.497 e. The molecule has 0 fully saturated rings. The summed E-state index contributed by atoms with van der Waals surface area (Å²) in [5.41, 5.74) is 2.12. The molecule has 1 N–H and O–H groups in total. The van der Waals surface area contributed by atoms with Gasteiger partial charge in [0, 0.05) is 5.02 Å². The average molecular weight is 416 g/mol. The van der Waals surface area contributed by atoms with Gasteiger partial charge in [0.1, 0.15) is 11.5 Å². The summed E-state index contributed by atoms with van der Waals surface area (Å²) in [6.07, 6.45) is 0. The molecule has 4 nitrogen and oxygen atoms in total. The summed E-state index contributed by atoms with van der Waals surface area (Å²) in [5, 5.41) is 3.83. The van der Waals surface area contributed by atoms with Gasteiger partial charge in [0.05, 0.1) is 30.8 Å². The van der Waals surface area contributed by atoms with Gasteiger partial charge in [0.2, 0.25) is 0 Å². The summed E-state index contributed by atoms with van der Waals surface area (Å²) in [7, 11) is 3.22. The zero-order valence-corrected chi connectivity index (χ0v) is 16.9. The van der Waals surface area contributed by atoms with Crippen LogP contribution in [0.4, 0.5) is 0 Å². The highest BCUT2D eigenvalue weighted by Crippen LogP contribution is 2.28. The number of hydrogen-bond acceptors (Lipinski definition) is 3. The quantitative estimate of drug-likeness (QED) is 0.575. The zero-order valence-electron chi connectivity index (χ0n) is 15.4. The van der Waals surface area contributed by atoms with Gasteiger partial charge in [-0.2, -0.15) is 0 Å². The van der Waals surface area contributed by atoms with Crippen molar-refractivity contribution < 1.29 is 14.3 Å². The Morgan fingerprint density at radius 1 is 0.821 bits per heavy atom. The second kappa shape index (κ2) is 9.00. The van der Waals surface area contributed by atoms with E-state index in [1.807, 2.05) is 48.5 Å². The molecule has 0 spiro atoms. The summed E-state index contributed by atoms with van der Waals surface area (Å²) in [6, 6.07) is 19.5. The van der Waals surface area contributed by atoms with Gasteiger partial charge in [-0.05, 0) is 53.6 Å². The third-order valence-electron chi connectivity index (χ3n) is 4.35. The summed E-state index contributed by atoms with van der Waals surface area (Å²) in [4.78, 5) is 12.9. The molecule has 0 aliphatic carbocycles. The second-order valence-electron chi connectivity index (χ2n) is 6.08. The standard InChI is InChI=1S/C22H19Cl2NO3/c1-27-17-8-3-14(4-9-17)21(15-5-10-18(28-2)11-6-15)25-22(26)19-13-16(23)7-12-20(19)24/h3-13,21H,1-2H3,(H,25,26). The van der Waals surface area contributed by atoms with Gasteiger partial charge in [0.15, 0.2) is 0 Å². The molecule has 3 rings (SSSR count). The van der Waals surface area contributed by atoms with Crippen LogP contribution in [0.2, 0.25) is 10.0 Å². The number of carbonyl (C=O) groups is 1. The third kappa shape index (κ3) is 4.58. The Morgan fingerprint density at radius 3 is 1.79 bits per heavy atom. The van der Waals surface area contributed by atoms with Gasteiger partial charge < -0.3 is 14.8 Å². The number of benzene rings is 3. The molecule has 0 aliphatic rings. The van der Waals surface area contributed by atoms with E-state index in [1.54, 1.807) is 32.4 Å². The van der Waals surface area contributed by atoms with Crippen molar-refractivity contribution in [2.24, 2.45) is 0 Å². The Kier molecular flexibility index (Phi) is 6.45. The molecule has 0 radical (unpaired) electrons. The van der Waals surface area contributed by atoms with Gasteiger partial charge in [-0.15, -0.1) is 0 Å². The number of methoxy groups -OCH3 is 2. The first-order valence-electron chi connectivity index (χ1n) is 8.55. The van der Waals surface area contributed by atoms with Gasteiger partial charge in [0.25, 0.3) is 5.91 Å². The van der Waals surface area contributed by atoms with E-state index in [0.717, 1.165) is 22.6 Å². The van der Waals surface area contributed by atoms with Gasteiger partial charge in [-0.3, -0.25) is 4.79 Å². The molecule has 0 aliphatic heterocycles. The summed E-state index contributed by atoms with van der Waals surface area (Å²) in [5.74, 6) is 1.16. The van der Waals surface area contributed by atoms with Crippen molar-refractivity contribution in [2.45, 2.75) is 6.04 Å². The molecular formula is C22H19Cl2NO3. The summed E-state index contributed by atoms with van der Waals surface area (Å²) in [6.45, 7) is 0. The Bertz CT molecular complexity index is 909. The predicted molar refractivity (Wildman–Crippen MR) is 112 cm³/mol. The van der Waals surface area contributed by atoms with E-state index in [2.05, 4.69) is 5.32 Å². The summed E-state index contributed by atoms with van der Waals surface area (Å²) < 4.78 is 10.5. The second-order valence-corrected chi connectivity index (χ2v) is 6.92. The molecule has 3 aromatic carbocycles. The number of hydrogen-bond donors (Lipinski definition) is 1. The molecule has 0 atom stereocenters. The van der Waals surface area contributed by atoms with E-state index in [4.69, 9.17) is 32.7 Å². The topological polar surface area (TPSA) is 47.6 Å². The molecule has 28 heavy (non-hydrogen) atoms. The van der Waals surface area contributed by atoms with Gasteiger partial charge >= 0.3 is 0 Å². The third-order valence-corrected chi connectivity index (χ3v) is 4.91. The van der Waals surface area contributed by atoms with Crippen LogP contribution < -0.4 is 14.8 Å². The Labute approximate surface area is 174 Å². The van der Waals surface area contributed by atoms with Crippen LogP contribution >= 0.6 is 23.2 Å². The van der Waals surface area contributed by atoms with E-state index in [9.17, 15) is 4.79 Å². The minimum atomic E-state index is -0.389. The fourth-order valence-electron chi connectivity index (χ4n) is 2.83. The van der Waals surface area contributed by atoms with Crippen LogP contribution in [0.3, 0.4) is 0 Å². The van der Waals surface area contributed by atoms with Gasteiger partial charge in [-0.1, -0.05) is 47.5 Å². The fraction of sp³-hybridized carbons (Fsp3) is 0.136. The normalized spacial score (nSPS) is 10.6. The lowest BCUT2D eigenvalue weighted by atomic mass is 9.98.